The second-order valence-corrected chi connectivity index (χ2v) is 4.70. The van der Waals surface area contributed by atoms with Crippen LogP contribution < -0.4 is 15.4 Å². The van der Waals surface area contributed by atoms with E-state index in [4.69, 9.17) is 10.5 Å². The third kappa shape index (κ3) is 1.81. The molecule has 1 atom stereocenters. The van der Waals surface area contributed by atoms with Crippen molar-refractivity contribution in [1.82, 2.24) is 0 Å². The van der Waals surface area contributed by atoms with Gasteiger partial charge in [-0.15, -0.1) is 0 Å². The minimum atomic E-state index is -0.761. The number of benzene rings is 1. The number of anilines is 1. The second kappa shape index (κ2) is 4.01. The summed E-state index contributed by atoms with van der Waals surface area (Å²) in [5.74, 6) is 0.168. The molecule has 1 unspecified atom stereocenters. The lowest BCUT2D eigenvalue weighted by Gasteiger charge is -2.33. The molecule has 2 aliphatic rings. The van der Waals surface area contributed by atoms with E-state index in [1.807, 2.05) is 18.2 Å². The Bertz CT molecular complexity index is 511. The lowest BCUT2D eigenvalue weighted by atomic mass is 10.1. The summed E-state index contributed by atoms with van der Waals surface area (Å²) >= 11 is 0. The van der Waals surface area contributed by atoms with Crippen LogP contribution in [0.4, 0.5) is 5.69 Å². The Hall–Kier alpha value is -2.04. The van der Waals surface area contributed by atoms with E-state index in [0.717, 1.165) is 18.5 Å². The van der Waals surface area contributed by atoms with Crippen molar-refractivity contribution >= 4 is 17.5 Å². The van der Waals surface area contributed by atoms with E-state index < -0.39 is 12.0 Å². The van der Waals surface area contributed by atoms with Gasteiger partial charge in [0, 0.05) is 5.92 Å². The van der Waals surface area contributed by atoms with Gasteiger partial charge in [-0.2, -0.15) is 0 Å². The molecule has 1 fully saturated rings. The molecule has 1 aromatic carbocycles. The van der Waals surface area contributed by atoms with Gasteiger partial charge >= 0.3 is 0 Å². The first kappa shape index (κ1) is 11.1. The van der Waals surface area contributed by atoms with Crippen molar-refractivity contribution in [3.8, 4) is 5.75 Å². The largest absolute Gasteiger partial charge is 0.477 e. The average molecular weight is 246 g/mol. The zero-order valence-electron chi connectivity index (χ0n) is 9.83. The number of nitrogens with two attached hydrogens (primary N) is 1. The molecule has 1 aliphatic carbocycles. The standard InChI is InChI=1S/C13H14N2O3/c14-12(16)11-7-15(13(17)8-5-6-8)9-3-1-2-4-10(9)18-11/h1-4,8,11H,5-7H2,(H2,14,16). The fourth-order valence-electron chi connectivity index (χ4n) is 2.14. The van der Waals surface area contributed by atoms with Crippen LogP contribution in [-0.4, -0.2) is 24.5 Å². The van der Waals surface area contributed by atoms with Crippen LogP contribution >= 0.6 is 0 Å². The Labute approximate surface area is 105 Å². The van der Waals surface area contributed by atoms with Crippen molar-refractivity contribution < 1.29 is 14.3 Å². The number of nitrogens with zero attached hydrogens (tertiary/aromatic N) is 1. The van der Waals surface area contributed by atoms with E-state index >= 15 is 0 Å². The van der Waals surface area contributed by atoms with E-state index in [9.17, 15) is 9.59 Å². The molecule has 2 amide bonds. The van der Waals surface area contributed by atoms with Crippen molar-refractivity contribution in [2.45, 2.75) is 18.9 Å². The number of amides is 2. The summed E-state index contributed by atoms with van der Waals surface area (Å²) < 4.78 is 5.51. The number of para-hydroxylation sites is 2. The van der Waals surface area contributed by atoms with Gasteiger partial charge in [0.1, 0.15) is 5.75 Å². The number of fused-ring (bicyclic) bond motifs is 1. The summed E-state index contributed by atoms with van der Waals surface area (Å²) in [5, 5.41) is 0. The van der Waals surface area contributed by atoms with Crippen LogP contribution in [0.1, 0.15) is 12.8 Å². The lowest BCUT2D eigenvalue weighted by Crippen LogP contribution is -2.49. The van der Waals surface area contributed by atoms with Crippen molar-refractivity contribution in [2.75, 3.05) is 11.4 Å². The Morgan fingerprint density at radius 1 is 1.28 bits per heavy atom. The highest BCUT2D eigenvalue weighted by atomic mass is 16.5. The number of carbonyl (C=O) groups excluding carboxylic acids is 2. The highest BCUT2D eigenvalue weighted by molar-refractivity contribution is 5.99. The third-order valence-corrected chi connectivity index (χ3v) is 3.28. The fourth-order valence-corrected chi connectivity index (χ4v) is 2.14. The normalized spacial score (nSPS) is 22.0. The maximum atomic E-state index is 12.2. The molecule has 3 rings (SSSR count). The van der Waals surface area contributed by atoms with Crippen LogP contribution in [0.2, 0.25) is 0 Å². The predicted molar refractivity (Wildman–Crippen MR) is 65.1 cm³/mol. The molecule has 1 aliphatic heterocycles. The molecule has 1 aromatic rings. The van der Waals surface area contributed by atoms with Gasteiger partial charge in [0.2, 0.25) is 5.91 Å². The molecule has 5 heteroatoms. The van der Waals surface area contributed by atoms with E-state index in [1.165, 1.54) is 0 Å². The van der Waals surface area contributed by atoms with Crippen LogP contribution in [0.15, 0.2) is 24.3 Å². The molecule has 94 valence electrons. The minimum absolute atomic E-state index is 0.0667. The zero-order valence-corrected chi connectivity index (χ0v) is 9.83. The molecule has 5 nitrogen and oxygen atoms in total. The maximum Gasteiger partial charge on any atom is 0.260 e. The Morgan fingerprint density at radius 2 is 2.00 bits per heavy atom. The fraction of sp³-hybridized carbons (Fsp3) is 0.385. The quantitative estimate of drug-likeness (QED) is 0.833. The summed E-state index contributed by atoms with van der Waals surface area (Å²) in [6.07, 6.45) is 1.10. The van der Waals surface area contributed by atoms with E-state index in [-0.39, 0.29) is 18.4 Å². The smallest absolute Gasteiger partial charge is 0.260 e. The van der Waals surface area contributed by atoms with Crippen molar-refractivity contribution in [3.05, 3.63) is 24.3 Å². The molecule has 0 aromatic heterocycles. The van der Waals surface area contributed by atoms with Crippen LogP contribution in [0.3, 0.4) is 0 Å². The van der Waals surface area contributed by atoms with E-state index in [2.05, 4.69) is 0 Å². The number of hydrogen-bond acceptors (Lipinski definition) is 3. The van der Waals surface area contributed by atoms with Gasteiger partial charge in [-0.25, -0.2) is 0 Å². The maximum absolute atomic E-state index is 12.2. The Balaban J connectivity index is 1.96. The van der Waals surface area contributed by atoms with Gasteiger partial charge in [-0.1, -0.05) is 12.1 Å². The molecular formula is C13H14N2O3. The number of ether oxygens (including phenoxy) is 1. The number of carbonyl (C=O) groups is 2. The van der Waals surface area contributed by atoms with Crippen molar-refractivity contribution in [3.63, 3.8) is 0 Å². The van der Waals surface area contributed by atoms with Crippen LogP contribution in [-0.2, 0) is 9.59 Å². The van der Waals surface area contributed by atoms with Crippen LogP contribution in [0.25, 0.3) is 0 Å². The lowest BCUT2D eigenvalue weighted by molar-refractivity contribution is -0.125. The molecular weight excluding hydrogens is 232 g/mol. The molecule has 0 spiro atoms. The SMILES string of the molecule is NC(=O)C1CN(C(=O)C2CC2)c2ccccc2O1. The number of rotatable bonds is 2. The Morgan fingerprint density at radius 3 is 2.67 bits per heavy atom. The number of hydrogen-bond donors (Lipinski definition) is 1. The predicted octanol–water partition coefficient (Wildman–Crippen LogP) is 0.676. The summed E-state index contributed by atoms with van der Waals surface area (Å²) in [7, 11) is 0. The summed E-state index contributed by atoms with van der Waals surface area (Å²) in [4.78, 5) is 25.1. The topological polar surface area (TPSA) is 72.6 Å². The molecule has 2 N–H and O–H groups in total. The van der Waals surface area contributed by atoms with E-state index in [1.54, 1.807) is 11.0 Å². The summed E-state index contributed by atoms with van der Waals surface area (Å²) in [5.41, 5.74) is 6.01. The highest BCUT2D eigenvalue weighted by Crippen LogP contribution is 2.38. The van der Waals surface area contributed by atoms with Gasteiger partial charge in [0.25, 0.3) is 5.91 Å². The molecule has 18 heavy (non-hydrogen) atoms. The second-order valence-electron chi connectivity index (χ2n) is 4.70. The summed E-state index contributed by atoms with van der Waals surface area (Å²) in [6, 6.07) is 7.23. The average Bonchev–Trinajstić information content (AvgIpc) is 3.20. The van der Waals surface area contributed by atoms with Crippen LogP contribution in [0, 0.1) is 5.92 Å². The van der Waals surface area contributed by atoms with Gasteiger partial charge in [0.15, 0.2) is 6.10 Å². The van der Waals surface area contributed by atoms with Gasteiger partial charge in [-0.3, -0.25) is 9.59 Å². The molecule has 1 heterocycles. The first-order valence-corrected chi connectivity index (χ1v) is 6.03. The minimum Gasteiger partial charge on any atom is -0.477 e. The summed E-state index contributed by atoms with van der Waals surface area (Å²) in [6.45, 7) is 0.210. The molecule has 0 bridgehead atoms. The van der Waals surface area contributed by atoms with Gasteiger partial charge in [-0.05, 0) is 25.0 Å². The third-order valence-electron chi connectivity index (χ3n) is 3.28. The van der Waals surface area contributed by atoms with E-state index in [0.29, 0.717) is 5.75 Å². The van der Waals surface area contributed by atoms with Gasteiger partial charge < -0.3 is 15.4 Å². The van der Waals surface area contributed by atoms with Crippen LogP contribution in [0.5, 0.6) is 5.75 Å². The van der Waals surface area contributed by atoms with Crippen molar-refractivity contribution in [2.24, 2.45) is 11.7 Å². The first-order valence-electron chi connectivity index (χ1n) is 6.03. The molecule has 0 saturated heterocycles. The highest BCUT2D eigenvalue weighted by Gasteiger charge is 2.39. The molecule has 0 radical (unpaired) electrons. The zero-order chi connectivity index (χ0) is 12.7. The first-order chi connectivity index (χ1) is 8.66. The molecule has 1 saturated carbocycles. The Kier molecular flexibility index (Phi) is 2.47. The monoisotopic (exact) mass is 246 g/mol. The number of primary amides is 1. The van der Waals surface area contributed by atoms with Gasteiger partial charge in [0.05, 0.1) is 12.2 Å². The van der Waals surface area contributed by atoms with Crippen molar-refractivity contribution in [1.29, 1.82) is 0 Å².